The van der Waals surface area contributed by atoms with Gasteiger partial charge in [0.2, 0.25) is 11.8 Å². The average molecular weight is 721 g/mol. The van der Waals surface area contributed by atoms with Gasteiger partial charge in [0.05, 0.1) is 18.6 Å². The fourth-order valence-electron chi connectivity index (χ4n) is 4.53. The van der Waals surface area contributed by atoms with Crippen LogP contribution in [0.15, 0.2) is 59.2 Å². The van der Waals surface area contributed by atoms with Crippen molar-refractivity contribution in [2.24, 2.45) is 10.9 Å². The van der Waals surface area contributed by atoms with E-state index in [2.05, 4.69) is 27.5 Å². The Bertz CT molecular complexity index is 1420. The third-order valence-electron chi connectivity index (χ3n) is 7.46. The molecule has 2 rings (SSSR count). The molecule has 275 valence electrons. The van der Waals surface area contributed by atoms with E-state index in [1.165, 1.54) is 19.3 Å². The maximum atomic E-state index is 13.6. The molecule has 16 nitrogen and oxygen atoms in total. The summed E-state index contributed by atoms with van der Waals surface area (Å²) in [6.45, 7) is 8.13. The Hall–Kier alpha value is -3.70. The van der Waals surface area contributed by atoms with Gasteiger partial charge in [-0.3, -0.25) is 28.8 Å². The molecule has 8 N–H and O–H groups in total. The van der Waals surface area contributed by atoms with Crippen molar-refractivity contribution < 1.29 is 53.5 Å². The van der Waals surface area contributed by atoms with Gasteiger partial charge in [-0.15, -0.1) is 0 Å². The minimum absolute atomic E-state index is 0.0873. The molecule has 1 aliphatic carbocycles. The number of hydrogen-bond acceptors (Lipinski definition) is 10. The Labute approximate surface area is 292 Å². The summed E-state index contributed by atoms with van der Waals surface area (Å²) in [6, 6.07) is 8.31. The average Bonchev–Trinajstić information content (AvgIpc) is 3.86. The first-order chi connectivity index (χ1) is 23.5. The number of amides is 3. The highest BCUT2D eigenvalue weighted by atomic mass is 31.2. The van der Waals surface area contributed by atoms with Crippen LogP contribution in [0.1, 0.15) is 45.1 Å². The minimum Gasteiger partial charge on any atom is -0.479 e. The summed E-state index contributed by atoms with van der Waals surface area (Å²) < 4.78 is 17.2. The van der Waals surface area contributed by atoms with E-state index in [4.69, 9.17) is 9.76 Å². The second kappa shape index (κ2) is 20.9. The van der Waals surface area contributed by atoms with Crippen LogP contribution in [0.2, 0.25) is 0 Å². The molecule has 1 aromatic carbocycles. The fourth-order valence-corrected chi connectivity index (χ4v) is 5.13. The SMILES string of the molecule is C=C(C=NC=C1CC1)C(=O)N[C@H](Cc1ccccc1)C(=O)N[C@@H]([B]OCCN(CCO)CCNC(=O)CC(O)(C(=O)O)P(=O)(O)O)CC(C)C. The fraction of sp³-hybridized carbons (Fsp3) is 0.531. The lowest BCUT2D eigenvalue weighted by atomic mass is 9.81. The summed E-state index contributed by atoms with van der Waals surface area (Å²) in [7, 11) is -4.07. The molecule has 50 heavy (non-hydrogen) atoms. The van der Waals surface area contributed by atoms with Gasteiger partial charge < -0.3 is 45.7 Å². The molecule has 0 spiro atoms. The number of aliphatic hydroxyl groups is 2. The van der Waals surface area contributed by atoms with E-state index in [0.29, 0.717) is 6.42 Å². The molecule has 1 saturated carbocycles. The molecule has 0 saturated heterocycles. The second-order valence-electron chi connectivity index (χ2n) is 12.3. The van der Waals surface area contributed by atoms with Gasteiger partial charge in [-0.2, -0.15) is 0 Å². The Morgan fingerprint density at radius 1 is 1.12 bits per heavy atom. The number of aliphatic hydroxyl groups excluding tert-OH is 1. The molecular weight excluding hydrogens is 672 g/mol. The molecule has 0 aromatic heterocycles. The highest BCUT2D eigenvalue weighted by molar-refractivity contribution is 7.54. The molecule has 18 heteroatoms. The van der Waals surface area contributed by atoms with Crippen LogP contribution in [0.25, 0.3) is 0 Å². The maximum absolute atomic E-state index is 13.6. The molecule has 1 unspecified atom stereocenters. The van der Waals surface area contributed by atoms with Gasteiger partial charge in [0, 0.05) is 57.6 Å². The smallest absolute Gasteiger partial charge is 0.369 e. The molecule has 0 bridgehead atoms. The lowest BCUT2D eigenvalue weighted by Gasteiger charge is -2.25. The molecule has 0 aliphatic heterocycles. The molecular formula is C32H48BN5O11P. The molecule has 3 atom stereocenters. The number of carboxylic acid groups (broad SMARTS) is 1. The van der Waals surface area contributed by atoms with Crippen molar-refractivity contribution in [2.45, 2.75) is 63.3 Å². The number of rotatable bonds is 24. The zero-order valence-electron chi connectivity index (χ0n) is 28.4. The minimum atomic E-state index is -5.56. The van der Waals surface area contributed by atoms with Gasteiger partial charge in [0.1, 0.15) is 6.04 Å². The van der Waals surface area contributed by atoms with Crippen molar-refractivity contribution in [1.29, 1.82) is 0 Å². The number of aliphatic imine (C=N–C) groups is 1. The lowest BCUT2D eigenvalue weighted by Crippen LogP contribution is -2.53. The number of carboxylic acids is 1. The summed E-state index contributed by atoms with van der Waals surface area (Å²) in [5.41, 5.74) is 2.13. The van der Waals surface area contributed by atoms with E-state index in [9.17, 15) is 43.7 Å². The van der Waals surface area contributed by atoms with Gasteiger partial charge in [-0.25, -0.2) is 4.79 Å². The van der Waals surface area contributed by atoms with E-state index in [0.717, 1.165) is 18.4 Å². The first kappa shape index (κ1) is 42.5. The standard InChI is InChI=1S/C32H48BN5O11P/c1-22(2)17-27(33-49-16-14-38(13-15-39)12-11-35-28(40)19-32(45,31(43)44)50(46,47)48)37-30(42)26(18-24-7-5-4-6-8-24)36-29(41)23(3)20-34-21-25-9-10-25/h4-8,20-22,26-27,39,45H,3,9-19H2,1-2H3,(H,35,40)(H,36,41)(H,37,42)(H,43,44)(H2,46,47,48)/t26-,27-,32?/m1/s1. The lowest BCUT2D eigenvalue weighted by molar-refractivity contribution is -0.154. The quantitative estimate of drug-likeness (QED) is 0.0229. The number of hydrogen-bond donors (Lipinski definition) is 8. The van der Waals surface area contributed by atoms with Crippen LogP contribution in [0.4, 0.5) is 0 Å². The molecule has 1 aliphatic rings. The number of allylic oxidation sites excluding steroid dienone is 1. The Kier molecular flexibility index (Phi) is 17.7. The Balaban J connectivity index is 1.95. The van der Waals surface area contributed by atoms with Gasteiger partial charge in [-0.1, -0.05) is 56.3 Å². The first-order valence-corrected chi connectivity index (χ1v) is 17.8. The van der Waals surface area contributed by atoms with Crippen LogP contribution >= 0.6 is 7.60 Å². The predicted molar refractivity (Wildman–Crippen MR) is 186 cm³/mol. The maximum Gasteiger partial charge on any atom is 0.369 e. The summed E-state index contributed by atoms with van der Waals surface area (Å²) in [5, 5.41) is 32.8. The summed E-state index contributed by atoms with van der Waals surface area (Å²) >= 11 is 0. The monoisotopic (exact) mass is 720 g/mol. The van der Waals surface area contributed by atoms with Crippen molar-refractivity contribution in [3.05, 3.63) is 59.8 Å². The van der Waals surface area contributed by atoms with Crippen molar-refractivity contribution in [3.8, 4) is 0 Å². The van der Waals surface area contributed by atoms with Crippen molar-refractivity contribution >= 4 is 45.0 Å². The number of carbonyl (C=O) groups is 4. The molecule has 1 fully saturated rings. The zero-order chi connectivity index (χ0) is 37.3. The van der Waals surface area contributed by atoms with Crippen LogP contribution in [0.5, 0.6) is 0 Å². The molecule has 0 heterocycles. The number of nitrogens with zero attached hydrogens (tertiary/aromatic N) is 2. The third kappa shape index (κ3) is 15.5. The van der Waals surface area contributed by atoms with Crippen LogP contribution in [-0.4, -0.2) is 124 Å². The van der Waals surface area contributed by atoms with Crippen molar-refractivity contribution in [1.82, 2.24) is 20.9 Å². The van der Waals surface area contributed by atoms with E-state index >= 15 is 0 Å². The highest BCUT2D eigenvalue weighted by Gasteiger charge is 2.54. The van der Waals surface area contributed by atoms with Crippen LogP contribution in [0.3, 0.4) is 0 Å². The zero-order valence-corrected chi connectivity index (χ0v) is 29.3. The van der Waals surface area contributed by atoms with Gasteiger partial charge in [0.25, 0.3) is 11.2 Å². The number of benzene rings is 1. The Morgan fingerprint density at radius 2 is 1.80 bits per heavy atom. The van der Waals surface area contributed by atoms with E-state index in [1.807, 2.05) is 44.2 Å². The van der Waals surface area contributed by atoms with E-state index < -0.39 is 55.0 Å². The third-order valence-corrected chi connectivity index (χ3v) is 8.77. The van der Waals surface area contributed by atoms with Crippen molar-refractivity contribution in [3.63, 3.8) is 0 Å². The summed E-state index contributed by atoms with van der Waals surface area (Å²) in [6.07, 6.45) is 4.43. The van der Waals surface area contributed by atoms with Crippen molar-refractivity contribution in [2.75, 3.05) is 39.4 Å². The number of aliphatic carboxylic acids is 1. The number of nitrogens with one attached hydrogen (secondary N) is 3. The summed E-state index contributed by atoms with van der Waals surface area (Å²) in [5.74, 6) is -4.64. The first-order valence-electron chi connectivity index (χ1n) is 16.2. The normalized spacial score (nSPS) is 15.2. The van der Waals surface area contributed by atoms with Crippen LogP contribution in [0, 0.1) is 5.92 Å². The summed E-state index contributed by atoms with van der Waals surface area (Å²) in [4.78, 5) is 74.0. The van der Waals surface area contributed by atoms with Gasteiger partial charge in [0.15, 0.2) is 0 Å². The highest BCUT2D eigenvalue weighted by Crippen LogP contribution is 2.50. The van der Waals surface area contributed by atoms with Gasteiger partial charge in [-0.05, 0) is 30.7 Å². The van der Waals surface area contributed by atoms with E-state index in [1.54, 1.807) is 11.1 Å². The van der Waals surface area contributed by atoms with Crippen LogP contribution in [-0.2, 0) is 34.8 Å². The molecule has 1 aromatic rings. The predicted octanol–water partition coefficient (Wildman–Crippen LogP) is -0.106. The largest absolute Gasteiger partial charge is 0.479 e. The second-order valence-corrected chi connectivity index (χ2v) is 14.1. The van der Waals surface area contributed by atoms with Crippen LogP contribution < -0.4 is 16.0 Å². The van der Waals surface area contributed by atoms with Gasteiger partial charge >= 0.3 is 21.0 Å². The molecule has 3 amide bonds. The topological polar surface area (TPSA) is 247 Å². The van der Waals surface area contributed by atoms with E-state index in [-0.39, 0.29) is 57.3 Å². The molecule has 1 radical (unpaired) electrons. The number of carbonyl (C=O) groups excluding carboxylic acids is 3. The Morgan fingerprint density at radius 3 is 2.38 bits per heavy atom.